The Bertz CT molecular complexity index is 1060. The molecular weight excluding hydrogens is 377 g/mol. The van der Waals surface area contributed by atoms with Crippen LogP contribution in [-0.4, -0.2) is 10.2 Å². The zero-order valence-corrected chi connectivity index (χ0v) is 14.4. The largest absolute Gasteiger partial charge is 0.420 e. The zero-order valence-electron chi connectivity index (χ0n) is 13.5. The van der Waals surface area contributed by atoms with Crippen molar-refractivity contribution in [1.29, 1.82) is 5.26 Å². The van der Waals surface area contributed by atoms with Crippen molar-refractivity contribution in [3.63, 3.8) is 0 Å². The van der Waals surface area contributed by atoms with Crippen molar-refractivity contribution in [1.82, 2.24) is 10.2 Å². The number of fused-ring (bicyclic) bond motifs is 1. The van der Waals surface area contributed by atoms with Crippen LogP contribution in [0.15, 0.2) is 53.2 Å². The first-order valence-electron chi connectivity index (χ1n) is 7.77. The highest BCUT2D eigenvalue weighted by molar-refractivity contribution is 7.13. The van der Waals surface area contributed by atoms with Gasteiger partial charge in [-0.2, -0.15) is 18.4 Å². The predicted molar refractivity (Wildman–Crippen MR) is 92.6 cm³/mol. The molecule has 0 saturated heterocycles. The number of ether oxygens (including phenoxy) is 1. The lowest BCUT2D eigenvalue weighted by atomic mass is 9.83. The first-order valence-corrected chi connectivity index (χ1v) is 8.65. The molecule has 3 heterocycles. The van der Waals surface area contributed by atoms with Crippen molar-refractivity contribution in [2.45, 2.75) is 12.1 Å². The Balaban J connectivity index is 1.89. The van der Waals surface area contributed by atoms with Crippen molar-refractivity contribution in [3.8, 4) is 22.5 Å². The molecule has 27 heavy (non-hydrogen) atoms. The van der Waals surface area contributed by atoms with Crippen LogP contribution in [0.1, 0.15) is 22.6 Å². The molecule has 0 aliphatic carbocycles. The minimum absolute atomic E-state index is 0.112. The molecule has 2 aromatic heterocycles. The number of benzene rings is 1. The van der Waals surface area contributed by atoms with Crippen LogP contribution < -0.4 is 10.5 Å². The van der Waals surface area contributed by atoms with Crippen molar-refractivity contribution < 1.29 is 17.9 Å². The van der Waals surface area contributed by atoms with Crippen molar-refractivity contribution in [2.75, 3.05) is 0 Å². The number of rotatable bonds is 2. The minimum atomic E-state index is -4.44. The van der Waals surface area contributed by atoms with Crippen LogP contribution in [0, 0.1) is 11.3 Å². The SMILES string of the molecule is N#CC1=C(N)Oc2n[nH]c(-c3cccs3)c2[C@H]1c1ccc(C(F)(F)F)cc1. The van der Waals surface area contributed by atoms with Crippen LogP contribution in [0.2, 0.25) is 0 Å². The first kappa shape index (κ1) is 17.2. The topological polar surface area (TPSA) is 87.7 Å². The van der Waals surface area contributed by atoms with Crippen LogP contribution in [0.3, 0.4) is 0 Å². The van der Waals surface area contributed by atoms with Gasteiger partial charge in [0.05, 0.1) is 27.6 Å². The lowest BCUT2D eigenvalue weighted by Gasteiger charge is -2.24. The second-order valence-corrected chi connectivity index (χ2v) is 6.79. The molecule has 1 aliphatic rings. The number of H-pyrrole nitrogens is 1. The van der Waals surface area contributed by atoms with E-state index >= 15 is 0 Å². The van der Waals surface area contributed by atoms with Crippen LogP contribution in [0.25, 0.3) is 10.6 Å². The van der Waals surface area contributed by atoms with E-state index in [0.29, 0.717) is 16.8 Å². The summed E-state index contributed by atoms with van der Waals surface area (Å²) in [6.45, 7) is 0. The average Bonchev–Trinajstić information content (AvgIpc) is 3.29. The number of nitrogens with one attached hydrogen (secondary N) is 1. The second kappa shape index (κ2) is 6.17. The fourth-order valence-electron chi connectivity index (χ4n) is 3.05. The van der Waals surface area contributed by atoms with E-state index in [4.69, 9.17) is 10.5 Å². The number of nitrogens with zero attached hydrogens (tertiary/aromatic N) is 2. The van der Waals surface area contributed by atoms with E-state index in [1.165, 1.54) is 23.5 Å². The lowest BCUT2D eigenvalue weighted by Crippen LogP contribution is -2.21. The molecule has 3 aromatic rings. The normalized spacial score (nSPS) is 16.6. The number of aromatic amines is 1. The van der Waals surface area contributed by atoms with Crippen LogP contribution in [0.5, 0.6) is 5.88 Å². The van der Waals surface area contributed by atoms with Crippen molar-refractivity contribution >= 4 is 11.3 Å². The second-order valence-electron chi connectivity index (χ2n) is 5.84. The highest BCUT2D eigenvalue weighted by atomic mass is 32.1. The summed E-state index contributed by atoms with van der Waals surface area (Å²) in [6.07, 6.45) is -4.44. The summed E-state index contributed by atoms with van der Waals surface area (Å²) in [7, 11) is 0. The van der Waals surface area contributed by atoms with E-state index < -0.39 is 17.7 Å². The quantitative estimate of drug-likeness (QED) is 0.682. The number of hydrogen-bond acceptors (Lipinski definition) is 5. The molecule has 1 aromatic carbocycles. The molecule has 0 spiro atoms. The van der Waals surface area contributed by atoms with Gasteiger partial charge in [-0.25, -0.2) is 0 Å². The predicted octanol–water partition coefficient (Wildman–Crippen LogP) is 4.38. The molecule has 136 valence electrons. The van der Waals surface area contributed by atoms with Crippen LogP contribution in [0.4, 0.5) is 13.2 Å². The van der Waals surface area contributed by atoms with Gasteiger partial charge in [0.2, 0.25) is 11.8 Å². The molecule has 4 rings (SSSR count). The average molecular weight is 388 g/mol. The molecule has 1 aliphatic heterocycles. The maximum absolute atomic E-state index is 12.9. The third kappa shape index (κ3) is 2.84. The number of thiophene rings is 1. The van der Waals surface area contributed by atoms with Gasteiger partial charge >= 0.3 is 6.18 Å². The van der Waals surface area contributed by atoms with E-state index in [2.05, 4.69) is 10.2 Å². The van der Waals surface area contributed by atoms with Crippen molar-refractivity contribution in [2.24, 2.45) is 5.73 Å². The summed E-state index contributed by atoms with van der Waals surface area (Å²) < 4.78 is 44.1. The monoisotopic (exact) mass is 388 g/mol. The van der Waals surface area contributed by atoms with E-state index in [9.17, 15) is 18.4 Å². The van der Waals surface area contributed by atoms with E-state index in [1.54, 1.807) is 0 Å². The fourth-order valence-corrected chi connectivity index (χ4v) is 3.79. The van der Waals surface area contributed by atoms with Gasteiger partial charge in [-0.15, -0.1) is 16.4 Å². The summed E-state index contributed by atoms with van der Waals surface area (Å²) in [6, 6.07) is 10.4. The van der Waals surface area contributed by atoms with Crippen LogP contribution in [-0.2, 0) is 6.18 Å². The first-order chi connectivity index (χ1) is 12.9. The smallest absolute Gasteiger partial charge is 0.416 e. The molecular formula is C18H11F3N4OS. The van der Waals surface area contributed by atoms with Gasteiger partial charge < -0.3 is 10.5 Å². The van der Waals surface area contributed by atoms with Crippen LogP contribution >= 0.6 is 11.3 Å². The molecule has 3 N–H and O–H groups in total. The van der Waals surface area contributed by atoms with Gasteiger partial charge in [0.1, 0.15) is 11.6 Å². The molecule has 0 amide bonds. The van der Waals surface area contributed by atoms with Gasteiger partial charge in [0.15, 0.2) is 0 Å². The van der Waals surface area contributed by atoms with Gasteiger partial charge in [-0.3, -0.25) is 5.10 Å². The summed E-state index contributed by atoms with van der Waals surface area (Å²) in [5, 5.41) is 18.5. The highest BCUT2D eigenvalue weighted by Crippen LogP contribution is 2.46. The van der Waals surface area contributed by atoms with Gasteiger partial charge in [-0.05, 0) is 29.1 Å². The molecule has 0 bridgehead atoms. The number of nitrogens with two attached hydrogens (primary N) is 1. The van der Waals surface area contributed by atoms with Crippen molar-refractivity contribution in [3.05, 3.63) is 69.9 Å². The Morgan fingerprint density at radius 1 is 1.22 bits per heavy atom. The Kier molecular flexibility index (Phi) is 3.93. The number of halogens is 3. The molecule has 5 nitrogen and oxygen atoms in total. The fraction of sp³-hybridized carbons (Fsp3) is 0.111. The highest BCUT2D eigenvalue weighted by Gasteiger charge is 2.36. The van der Waals surface area contributed by atoms with Gasteiger partial charge in [-0.1, -0.05) is 18.2 Å². The molecule has 0 fully saturated rings. The Hall–Kier alpha value is -3.25. The standard InChI is InChI=1S/C18H11F3N4OS/c19-18(20,21)10-5-3-9(4-6-10)13-11(8-22)16(23)26-17-14(13)15(24-25-17)12-2-1-7-27-12/h1-7,13H,23H2,(H,24,25)/t13-/m0/s1. The maximum atomic E-state index is 12.9. The van der Waals surface area contributed by atoms with E-state index in [0.717, 1.165) is 17.0 Å². The molecule has 0 saturated carbocycles. The zero-order chi connectivity index (χ0) is 19.2. The van der Waals surface area contributed by atoms with Gasteiger partial charge in [0, 0.05) is 0 Å². The number of nitriles is 1. The third-order valence-corrected chi connectivity index (χ3v) is 5.17. The van der Waals surface area contributed by atoms with E-state index in [-0.39, 0.29) is 17.3 Å². The summed E-state index contributed by atoms with van der Waals surface area (Å²) in [4.78, 5) is 0.863. The summed E-state index contributed by atoms with van der Waals surface area (Å²) in [5.41, 5.74) is 6.93. The number of alkyl halides is 3. The Morgan fingerprint density at radius 2 is 1.96 bits per heavy atom. The Morgan fingerprint density at radius 3 is 2.56 bits per heavy atom. The Labute approximate surface area is 155 Å². The number of hydrogen-bond donors (Lipinski definition) is 2. The molecule has 0 radical (unpaired) electrons. The summed E-state index contributed by atoms with van der Waals surface area (Å²) in [5.74, 6) is -0.587. The molecule has 1 atom stereocenters. The number of allylic oxidation sites excluding steroid dienone is 1. The minimum Gasteiger partial charge on any atom is -0.420 e. The number of aromatic nitrogens is 2. The maximum Gasteiger partial charge on any atom is 0.416 e. The molecule has 0 unspecified atom stereocenters. The van der Waals surface area contributed by atoms with Gasteiger partial charge in [0.25, 0.3) is 0 Å². The summed E-state index contributed by atoms with van der Waals surface area (Å²) >= 11 is 1.46. The molecule has 9 heteroatoms. The lowest BCUT2D eigenvalue weighted by molar-refractivity contribution is -0.137. The van der Waals surface area contributed by atoms with E-state index in [1.807, 2.05) is 23.6 Å². The third-order valence-electron chi connectivity index (χ3n) is 4.28.